The second-order valence-electron chi connectivity index (χ2n) is 4.76. The number of nitrogens with zero attached hydrogens (tertiary/aromatic N) is 4. The van der Waals surface area contributed by atoms with Gasteiger partial charge in [0.25, 0.3) is 5.91 Å². The molecule has 0 radical (unpaired) electrons. The van der Waals surface area contributed by atoms with Crippen molar-refractivity contribution >= 4 is 28.3 Å². The summed E-state index contributed by atoms with van der Waals surface area (Å²) in [4.78, 5) is 28.8. The number of carbonyl (C=O) groups is 1. The predicted octanol–water partition coefficient (Wildman–Crippen LogP) is 2.55. The van der Waals surface area contributed by atoms with E-state index in [-0.39, 0.29) is 5.91 Å². The van der Waals surface area contributed by atoms with Gasteiger partial charge in [-0.25, -0.2) is 9.97 Å². The molecular formula is C16H11N5OS. The lowest BCUT2D eigenvalue weighted by Crippen LogP contribution is -2.15. The molecule has 0 atom stereocenters. The molecule has 112 valence electrons. The molecule has 0 spiro atoms. The third-order valence-corrected chi connectivity index (χ3v) is 4.12. The van der Waals surface area contributed by atoms with Crippen LogP contribution in [0, 0.1) is 0 Å². The van der Waals surface area contributed by atoms with Crippen molar-refractivity contribution < 1.29 is 4.79 Å². The monoisotopic (exact) mass is 321 g/mol. The fourth-order valence-corrected chi connectivity index (χ4v) is 3.01. The van der Waals surface area contributed by atoms with E-state index in [4.69, 9.17) is 0 Å². The van der Waals surface area contributed by atoms with Crippen LogP contribution in [0.3, 0.4) is 0 Å². The standard InChI is InChI=1S/C16H11N5OS/c22-15(12-10-19-14-11(12)4-3-7-18-14)20-16-21(8-9-23-16)13-5-1-2-6-17-13/h1-10H,(H,18,19)/b20-16-. The van der Waals surface area contributed by atoms with Gasteiger partial charge in [-0.15, -0.1) is 11.3 Å². The molecule has 4 heterocycles. The molecule has 0 aromatic carbocycles. The fraction of sp³-hybridized carbons (Fsp3) is 0. The van der Waals surface area contributed by atoms with Crippen LogP contribution in [0.25, 0.3) is 16.9 Å². The van der Waals surface area contributed by atoms with E-state index in [0.717, 1.165) is 11.2 Å². The number of amides is 1. The van der Waals surface area contributed by atoms with Crippen LogP contribution in [0.1, 0.15) is 10.4 Å². The number of aromatic nitrogens is 4. The Morgan fingerprint density at radius 1 is 1.17 bits per heavy atom. The lowest BCUT2D eigenvalue weighted by Gasteiger charge is -2.00. The molecular weight excluding hydrogens is 310 g/mol. The number of aromatic amines is 1. The van der Waals surface area contributed by atoms with Crippen LogP contribution < -0.4 is 4.80 Å². The maximum atomic E-state index is 12.5. The molecule has 6 nitrogen and oxygen atoms in total. The SMILES string of the molecule is O=C(/N=c1\sccn1-c1ccccn1)c1c[nH]c2ncccc12. The van der Waals surface area contributed by atoms with Gasteiger partial charge < -0.3 is 4.98 Å². The largest absolute Gasteiger partial charge is 0.345 e. The minimum absolute atomic E-state index is 0.309. The zero-order valence-electron chi connectivity index (χ0n) is 11.9. The average Bonchev–Trinajstić information content (AvgIpc) is 3.22. The van der Waals surface area contributed by atoms with Crippen molar-refractivity contribution in [1.82, 2.24) is 19.5 Å². The summed E-state index contributed by atoms with van der Waals surface area (Å²) in [5.41, 5.74) is 1.18. The Hall–Kier alpha value is -3.06. The van der Waals surface area contributed by atoms with Crippen LogP contribution in [-0.4, -0.2) is 25.4 Å². The van der Waals surface area contributed by atoms with E-state index in [9.17, 15) is 4.79 Å². The molecule has 0 aliphatic rings. The zero-order valence-corrected chi connectivity index (χ0v) is 12.7. The maximum absolute atomic E-state index is 12.5. The third kappa shape index (κ3) is 2.47. The first-order valence-corrected chi connectivity index (χ1v) is 7.79. The van der Waals surface area contributed by atoms with Crippen LogP contribution in [0.2, 0.25) is 0 Å². The number of H-pyrrole nitrogens is 1. The van der Waals surface area contributed by atoms with Crippen LogP contribution in [0.5, 0.6) is 0 Å². The summed E-state index contributed by atoms with van der Waals surface area (Å²) in [6.07, 6.45) is 6.87. The average molecular weight is 321 g/mol. The number of pyridine rings is 2. The Bertz CT molecular complexity index is 1040. The summed E-state index contributed by atoms with van der Waals surface area (Å²) in [5.74, 6) is 0.414. The van der Waals surface area contributed by atoms with Gasteiger partial charge in [-0.2, -0.15) is 4.99 Å². The normalized spacial score (nSPS) is 11.9. The van der Waals surface area contributed by atoms with Crippen LogP contribution in [-0.2, 0) is 0 Å². The van der Waals surface area contributed by atoms with Gasteiger partial charge in [-0.05, 0) is 24.3 Å². The van der Waals surface area contributed by atoms with Gasteiger partial charge in [0.05, 0.1) is 5.56 Å². The summed E-state index contributed by atoms with van der Waals surface area (Å²) in [5, 5.41) is 2.64. The van der Waals surface area contributed by atoms with E-state index in [2.05, 4.69) is 19.9 Å². The Morgan fingerprint density at radius 3 is 2.96 bits per heavy atom. The van der Waals surface area contributed by atoms with Gasteiger partial charge in [0, 0.05) is 35.6 Å². The van der Waals surface area contributed by atoms with Crippen LogP contribution >= 0.6 is 11.3 Å². The smallest absolute Gasteiger partial charge is 0.281 e. The van der Waals surface area contributed by atoms with E-state index in [1.54, 1.807) is 29.2 Å². The second-order valence-corrected chi connectivity index (χ2v) is 5.64. The van der Waals surface area contributed by atoms with Crippen LogP contribution in [0.4, 0.5) is 0 Å². The van der Waals surface area contributed by atoms with Crippen LogP contribution in [0.15, 0.2) is 65.5 Å². The summed E-state index contributed by atoms with van der Waals surface area (Å²) >= 11 is 1.39. The number of carbonyl (C=O) groups excluding carboxylic acids is 1. The minimum Gasteiger partial charge on any atom is -0.345 e. The Morgan fingerprint density at radius 2 is 2.09 bits per heavy atom. The molecule has 0 bridgehead atoms. The zero-order chi connectivity index (χ0) is 15.6. The van der Waals surface area contributed by atoms with Crippen molar-refractivity contribution in [3.8, 4) is 5.82 Å². The Labute approximate surface area is 134 Å². The summed E-state index contributed by atoms with van der Waals surface area (Å²) in [6.45, 7) is 0. The molecule has 7 heteroatoms. The van der Waals surface area contributed by atoms with Crippen molar-refractivity contribution in [3.05, 3.63) is 70.9 Å². The molecule has 4 aromatic heterocycles. The summed E-state index contributed by atoms with van der Waals surface area (Å²) in [7, 11) is 0. The van der Waals surface area contributed by atoms with Crippen molar-refractivity contribution in [1.29, 1.82) is 0 Å². The van der Waals surface area contributed by atoms with E-state index in [1.165, 1.54) is 11.3 Å². The molecule has 0 saturated heterocycles. The van der Waals surface area contributed by atoms with E-state index >= 15 is 0 Å². The predicted molar refractivity (Wildman–Crippen MR) is 87.4 cm³/mol. The van der Waals surface area contributed by atoms with E-state index in [1.807, 2.05) is 35.8 Å². The lowest BCUT2D eigenvalue weighted by atomic mass is 10.2. The van der Waals surface area contributed by atoms with Gasteiger partial charge in [-0.3, -0.25) is 9.36 Å². The molecule has 1 amide bonds. The first-order chi connectivity index (χ1) is 11.3. The Kier molecular flexibility index (Phi) is 3.32. The third-order valence-electron chi connectivity index (χ3n) is 3.36. The molecule has 0 aliphatic heterocycles. The molecule has 4 aromatic rings. The Balaban J connectivity index is 1.80. The molecule has 4 rings (SSSR count). The highest BCUT2D eigenvalue weighted by Crippen LogP contribution is 2.16. The first-order valence-electron chi connectivity index (χ1n) is 6.91. The molecule has 1 N–H and O–H groups in total. The number of hydrogen-bond donors (Lipinski definition) is 1. The number of hydrogen-bond acceptors (Lipinski definition) is 4. The van der Waals surface area contributed by atoms with Gasteiger partial charge in [0.2, 0.25) is 0 Å². The highest BCUT2D eigenvalue weighted by atomic mass is 32.1. The maximum Gasteiger partial charge on any atom is 0.281 e. The summed E-state index contributed by atoms with van der Waals surface area (Å²) < 4.78 is 1.79. The highest BCUT2D eigenvalue weighted by molar-refractivity contribution is 7.07. The van der Waals surface area contributed by atoms with Crippen molar-refractivity contribution in [2.24, 2.45) is 4.99 Å². The number of fused-ring (bicyclic) bond motifs is 1. The number of thiazole rings is 1. The molecule has 0 aliphatic carbocycles. The fourth-order valence-electron chi connectivity index (χ4n) is 2.30. The van der Waals surface area contributed by atoms with Gasteiger partial charge in [0.1, 0.15) is 11.5 Å². The molecule has 0 saturated carbocycles. The van der Waals surface area contributed by atoms with Gasteiger partial charge in [0.15, 0.2) is 4.80 Å². The molecule has 0 fully saturated rings. The topological polar surface area (TPSA) is 75.9 Å². The second kappa shape index (κ2) is 5.62. The first kappa shape index (κ1) is 13.6. The van der Waals surface area contributed by atoms with Crippen molar-refractivity contribution in [3.63, 3.8) is 0 Å². The lowest BCUT2D eigenvalue weighted by molar-refractivity contribution is 0.0999. The van der Waals surface area contributed by atoms with E-state index < -0.39 is 0 Å². The number of rotatable bonds is 2. The van der Waals surface area contributed by atoms with Crippen molar-refractivity contribution in [2.75, 3.05) is 0 Å². The quantitative estimate of drug-likeness (QED) is 0.616. The molecule has 0 unspecified atom stereocenters. The number of nitrogens with one attached hydrogen (secondary N) is 1. The van der Waals surface area contributed by atoms with Gasteiger partial charge >= 0.3 is 0 Å². The minimum atomic E-state index is -0.309. The van der Waals surface area contributed by atoms with E-state index in [0.29, 0.717) is 16.0 Å². The van der Waals surface area contributed by atoms with Crippen molar-refractivity contribution in [2.45, 2.75) is 0 Å². The molecule has 23 heavy (non-hydrogen) atoms. The van der Waals surface area contributed by atoms with Gasteiger partial charge in [-0.1, -0.05) is 6.07 Å². The highest BCUT2D eigenvalue weighted by Gasteiger charge is 2.12. The summed E-state index contributed by atoms with van der Waals surface area (Å²) in [6, 6.07) is 9.25.